The molecule has 2 N–H and O–H groups in total. The number of carboxylic acid groups (broad SMARTS) is 1. The second-order valence-corrected chi connectivity index (χ2v) is 8.12. The highest BCUT2D eigenvalue weighted by Crippen LogP contribution is 2.18. The van der Waals surface area contributed by atoms with Gasteiger partial charge < -0.3 is 19.7 Å². The highest BCUT2D eigenvalue weighted by Gasteiger charge is 2.36. The molecule has 0 fully saturated rings. The van der Waals surface area contributed by atoms with Gasteiger partial charge in [-0.25, -0.2) is 9.59 Å². The molecule has 1 unspecified atom stereocenters. The van der Waals surface area contributed by atoms with Crippen LogP contribution in [0.15, 0.2) is 24.3 Å². The Bertz CT molecular complexity index is 687. The molecule has 1 atom stereocenters. The van der Waals surface area contributed by atoms with Gasteiger partial charge in [0.05, 0.1) is 5.23 Å². The Morgan fingerprint density at radius 2 is 1.31 bits per heavy atom. The molecule has 0 saturated heterocycles. The van der Waals surface area contributed by atoms with Crippen LogP contribution in [0.2, 0.25) is 0 Å². The van der Waals surface area contributed by atoms with E-state index >= 15 is 0 Å². The molecule has 0 aromatic heterocycles. The lowest BCUT2D eigenvalue weighted by atomic mass is 10.1. The SMILES string of the molecule is CC(C)(C)OC(=O)ON(OC(=O)OC(C)(C)C)C(Cc1ccc(O)cc1)C(=O)O. The normalized spacial score (nSPS) is 12.8. The van der Waals surface area contributed by atoms with Gasteiger partial charge in [0.1, 0.15) is 17.0 Å². The Hall–Kier alpha value is -3.01. The second kappa shape index (κ2) is 9.46. The first-order chi connectivity index (χ1) is 13.2. The molecule has 0 aliphatic rings. The molecule has 0 saturated carbocycles. The summed E-state index contributed by atoms with van der Waals surface area (Å²) >= 11 is 0. The maximum absolute atomic E-state index is 12.0. The first-order valence-corrected chi connectivity index (χ1v) is 8.78. The number of aromatic hydroxyl groups is 1. The van der Waals surface area contributed by atoms with E-state index in [1.165, 1.54) is 24.3 Å². The summed E-state index contributed by atoms with van der Waals surface area (Å²) in [5, 5.41) is 19.2. The Morgan fingerprint density at radius 1 is 0.897 bits per heavy atom. The van der Waals surface area contributed by atoms with Crippen molar-refractivity contribution in [3.05, 3.63) is 29.8 Å². The number of benzene rings is 1. The van der Waals surface area contributed by atoms with E-state index < -0.39 is 35.5 Å². The zero-order chi connectivity index (χ0) is 22.4. The number of hydroxylamine groups is 2. The van der Waals surface area contributed by atoms with Gasteiger partial charge in [0, 0.05) is 6.42 Å². The highest BCUT2D eigenvalue weighted by molar-refractivity contribution is 5.74. The molecular formula is C19H27NO9. The van der Waals surface area contributed by atoms with Crippen molar-refractivity contribution in [1.29, 1.82) is 0 Å². The van der Waals surface area contributed by atoms with Crippen LogP contribution in [0.4, 0.5) is 9.59 Å². The summed E-state index contributed by atoms with van der Waals surface area (Å²) in [4.78, 5) is 45.5. The van der Waals surface area contributed by atoms with Crippen molar-refractivity contribution >= 4 is 18.3 Å². The standard InChI is InChI=1S/C19H27NO9/c1-18(2,3)26-16(24)28-20(29-17(25)27-19(4,5)6)14(15(22)23)11-12-7-9-13(21)10-8-12/h7-10,14,21H,11H2,1-6H3,(H,22,23). The van der Waals surface area contributed by atoms with Crippen molar-refractivity contribution in [1.82, 2.24) is 5.23 Å². The third-order valence-corrected chi connectivity index (χ3v) is 3.01. The van der Waals surface area contributed by atoms with Crippen LogP contribution in [0.25, 0.3) is 0 Å². The van der Waals surface area contributed by atoms with E-state index in [4.69, 9.17) is 19.1 Å². The molecule has 0 bridgehead atoms. The monoisotopic (exact) mass is 413 g/mol. The number of hydrogen-bond acceptors (Lipinski definition) is 9. The van der Waals surface area contributed by atoms with Gasteiger partial charge in [-0.1, -0.05) is 12.1 Å². The van der Waals surface area contributed by atoms with Crippen LogP contribution in [0.5, 0.6) is 5.75 Å². The molecule has 0 aliphatic heterocycles. The molecule has 1 aromatic carbocycles. The van der Waals surface area contributed by atoms with Crippen LogP contribution in [-0.2, 0) is 30.4 Å². The van der Waals surface area contributed by atoms with Gasteiger partial charge in [-0.2, -0.15) is 0 Å². The van der Waals surface area contributed by atoms with Gasteiger partial charge in [0.15, 0.2) is 6.04 Å². The number of nitrogens with zero attached hydrogens (tertiary/aromatic N) is 1. The number of rotatable bonds is 6. The van der Waals surface area contributed by atoms with E-state index in [0.717, 1.165) is 0 Å². The average molecular weight is 413 g/mol. The molecule has 10 nitrogen and oxygen atoms in total. The molecule has 0 aliphatic carbocycles. The molecule has 162 valence electrons. The number of ether oxygens (including phenoxy) is 2. The van der Waals surface area contributed by atoms with Crippen molar-refractivity contribution in [3.63, 3.8) is 0 Å². The quantitative estimate of drug-likeness (QED) is 0.528. The Morgan fingerprint density at radius 3 is 1.66 bits per heavy atom. The number of phenols is 1. The predicted molar refractivity (Wildman–Crippen MR) is 99.7 cm³/mol. The number of carbonyl (C=O) groups is 3. The number of aliphatic carboxylic acids is 1. The number of hydrogen-bond donors (Lipinski definition) is 2. The first-order valence-electron chi connectivity index (χ1n) is 8.78. The van der Waals surface area contributed by atoms with E-state index in [0.29, 0.717) is 5.56 Å². The topological polar surface area (TPSA) is 132 Å². The van der Waals surface area contributed by atoms with E-state index in [1.807, 2.05) is 0 Å². The molecule has 10 heteroatoms. The summed E-state index contributed by atoms with van der Waals surface area (Å²) in [6, 6.07) is 4.07. The minimum absolute atomic E-state index is 0.00695. The second-order valence-electron chi connectivity index (χ2n) is 8.12. The van der Waals surface area contributed by atoms with Crippen molar-refractivity contribution in [2.24, 2.45) is 0 Å². The fourth-order valence-electron chi connectivity index (χ4n) is 1.94. The van der Waals surface area contributed by atoms with Crippen molar-refractivity contribution in [2.75, 3.05) is 0 Å². The number of carbonyl (C=O) groups excluding carboxylic acids is 2. The zero-order valence-electron chi connectivity index (χ0n) is 17.3. The summed E-state index contributed by atoms with van der Waals surface area (Å²) in [7, 11) is 0. The summed E-state index contributed by atoms with van der Waals surface area (Å²) in [5.74, 6) is -1.45. The molecule has 1 aromatic rings. The maximum atomic E-state index is 12.0. The third-order valence-electron chi connectivity index (χ3n) is 3.01. The van der Waals surface area contributed by atoms with Crippen molar-refractivity contribution in [3.8, 4) is 5.75 Å². The Kier molecular flexibility index (Phi) is 7.84. The van der Waals surface area contributed by atoms with E-state index in [9.17, 15) is 24.6 Å². The summed E-state index contributed by atoms with van der Waals surface area (Å²) in [5.41, 5.74) is -1.38. The van der Waals surface area contributed by atoms with Crippen LogP contribution in [-0.4, -0.2) is 51.0 Å². The lowest BCUT2D eigenvalue weighted by Gasteiger charge is -2.27. The first kappa shape index (κ1) is 24.0. The predicted octanol–water partition coefficient (Wildman–Crippen LogP) is 3.42. The third kappa shape index (κ3) is 9.65. The fourth-order valence-corrected chi connectivity index (χ4v) is 1.94. The highest BCUT2D eigenvalue weighted by atomic mass is 17.0. The van der Waals surface area contributed by atoms with Gasteiger partial charge in [-0.05, 0) is 59.2 Å². The Balaban J connectivity index is 3.08. The van der Waals surface area contributed by atoms with Gasteiger partial charge in [0.2, 0.25) is 0 Å². The molecule has 0 heterocycles. The fraction of sp³-hybridized carbons (Fsp3) is 0.526. The van der Waals surface area contributed by atoms with E-state index in [2.05, 4.69) is 0 Å². The largest absolute Gasteiger partial charge is 0.531 e. The van der Waals surface area contributed by atoms with Gasteiger partial charge in [-0.3, -0.25) is 14.5 Å². The number of phenolic OH excluding ortho intramolecular Hbond substituents is 1. The smallest absolute Gasteiger partial charge is 0.508 e. The molecule has 0 spiro atoms. The summed E-state index contributed by atoms with van der Waals surface area (Å²) in [6.45, 7) is 9.49. The molecule has 1 rings (SSSR count). The molecule has 0 radical (unpaired) electrons. The van der Waals surface area contributed by atoms with Gasteiger partial charge in [0.25, 0.3) is 0 Å². The van der Waals surface area contributed by atoms with Gasteiger partial charge >= 0.3 is 18.3 Å². The van der Waals surface area contributed by atoms with Crippen LogP contribution < -0.4 is 0 Å². The van der Waals surface area contributed by atoms with Crippen molar-refractivity contribution < 1.29 is 43.7 Å². The van der Waals surface area contributed by atoms with Crippen LogP contribution in [0.3, 0.4) is 0 Å². The zero-order valence-corrected chi connectivity index (χ0v) is 17.3. The minimum atomic E-state index is -1.61. The Labute approximate surface area is 168 Å². The minimum Gasteiger partial charge on any atom is -0.508 e. The van der Waals surface area contributed by atoms with Crippen LogP contribution in [0.1, 0.15) is 47.1 Å². The van der Waals surface area contributed by atoms with Crippen LogP contribution >= 0.6 is 0 Å². The lowest BCUT2D eigenvalue weighted by Crippen LogP contribution is -2.46. The molecule has 29 heavy (non-hydrogen) atoms. The number of carboxylic acids is 1. The van der Waals surface area contributed by atoms with Crippen molar-refractivity contribution in [2.45, 2.75) is 65.2 Å². The van der Waals surface area contributed by atoms with Crippen LogP contribution in [0, 0.1) is 0 Å². The average Bonchev–Trinajstić information content (AvgIpc) is 2.49. The molecule has 0 amide bonds. The van der Waals surface area contributed by atoms with E-state index in [1.54, 1.807) is 41.5 Å². The molecular weight excluding hydrogens is 386 g/mol. The summed E-state index contributed by atoms with van der Waals surface area (Å²) < 4.78 is 9.97. The van der Waals surface area contributed by atoms with E-state index in [-0.39, 0.29) is 17.4 Å². The maximum Gasteiger partial charge on any atom is 0.531 e. The lowest BCUT2D eigenvalue weighted by molar-refractivity contribution is -0.336. The summed E-state index contributed by atoms with van der Waals surface area (Å²) in [6.07, 6.45) is -2.75. The van der Waals surface area contributed by atoms with Gasteiger partial charge in [-0.15, -0.1) is 0 Å².